The van der Waals surface area contributed by atoms with Gasteiger partial charge in [0, 0.05) is 17.3 Å². The number of nitrogens with one attached hydrogen (secondary N) is 1. The molecule has 1 heterocycles. The number of carboxylic acid groups (broad SMARTS) is 1. The zero-order valence-corrected chi connectivity index (χ0v) is 18.9. The van der Waals surface area contributed by atoms with Gasteiger partial charge in [0.05, 0.1) is 30.3 Å². The van der Waals surface area contributed by atoms with Crippen LogP contribution in [0.25, 0.3) is 27.7 Å². The third kappa shape index (κ3) is 4.74. The number of hydrazone groups is 1. The van der Waals surface area contributed by atoms with E-state index in [0.29, 0.717) is 0 Å². The van der Waals surface area contributed by atoms with E-state index in [-0.39, 0.29) is 5.56 Å². The summed E-state index contributed by atoms with van der Waals surface area (Å²) in [4.78, 5) is 11.2. The van der Waals surface area contributed by atoms with Crippen molar-refractivity contribution in [2.24, 2.45) is 5.10 Å². The number of methoxy groups -OCH3 is 1. The third-order valence-electron chi connectivity index (χ3n) is 5.63. The molecule has 0 radical (unpaired) electrons. The maximum atomic E-state index is 11.2. The monoisotopic (exact) mass is 462 g/mol. The molecule has 0 bridgehead atoms. The summed E-state index contributed by atoms with van der Waals surface area (Å²) in [5.74, 6) is -0.195. The summed E-state index contributed by atoms with van der Waals surface area (Å²) >= 11 is 0. The van der Waals surface area contributed by atoms with Gasteiger partial charge in [-0.05, 0) is 65.4 Å². The Balaban J connectivity index is 1.51. The van der Waals surface area contributed by atoms with Crippen LogP contribution >= 0.6 is 0 Å². The van der Waals surface area contributed by atoms with Crippen molar-refractivity contribution in [2.75, 3.05) is 12.5 Å². The first-order valence-corrected chi connectivity index (χ1v) is 11.0. The maximum absolute atomic E-state index is 11.2. The van der Waals surface area contributed by atoms with Gasteiger partial charge in [0.15, 0.2) is 0 Å². The summed E-state index contributed by atoms with van der Waals surface area (Å²) in [5, 5.41) is 20.7. The second-order valence-electron chi connectivity index (χ2n) is 7.89. The number of aromatic nitrogens is 2. The van der Waals surface area contributed by atoms with Crippen molar-refractivity contribution in [1.29, 1.82) is 0 Å². The van der Waals surface area contributed by atoms with Gasteiger partial charge in [-0.2, -0.15) is 10.2 Å². The topological polar surface area (TPSA) is 88.7 Å². The lowest BCUT2D eigenvalue weighted by molar-refractivity contribution is 0.0697. The lowest BCUT2D eigenvalue weighted by Crippen LogP contribution is -1.99. The SMILES string of the molecule is COc1ccc(N/N=C/c2cn(-c3ccc(C(=O)O)cc3)nc2-c2ccc3ccccc3c2)cc1. The highest BCUT2D eigenvalue weighted by molar-refractivity contribution is 5.93. The highest BCUT2D eigenvalue weighted by Crippen LogP contribution is 2.27. The van der Waals surface area contributed by atoms with E-state index in [4.69, 9.17) is 9.84 Å². The third-order valence-corrected chi connectivity index (χ3v) is 5.63. The molecule has 4 aromatic carbocycles. The van der Waals surface area contributed by atoms with Crippen molar-refractivity contribution >= 4 is 28.6 Å². The Hall–Kier alpha value is -4.91. The summed E-state index contributed by atoms with van der Waals surface area (Å²) in [6.45, 7) is 0. The van der Waals surface area contributed by atoms with Crippen LogP contribution in [-0.4, -0.2) is 34.2 Å². The number of hydrogen-bond donors (Lipinski definition) is 2. The molecule has 0 aliphatic rings. The average molecular weight is 463 g/mol. The van der Waals surface area contributed by atoms with E-state index >= 15 is 0 Å². The molecule has 2 N–H and O–H groups in total. The van der Waals surface area contributed by atoms with Crippen LogP contribution in [0.5, 0.6) is 5.75 Å². The fourth-order valence-corrected chi connectivity index (χ4v) is 3.77. The average Bonchev–Trinajstić information content (AvgIpc) is 3.33. The molecule has 1 aromatic heterocycles. The van der Waals surface area contributed by atoms with Crippen LogP contribution in [0.4, 0.5) is 5.69 Å². The highest BCUT2D eigenvalue weighted by Gasteiger charge is 2.12. The molecule has 5 aromatic rings. The molecule has 5 rings (SSSR count). The summed E-state index contributed by atoms with van der Waals surface area (Å²) in [6, 6.07) is 28.5. The van der Waals surface area contributed by atoms with Gasteiger partial charge in [-0.1, -0.05) is 36.4 Å². The van der Waals surface area contributed by atoms with Gasteiger partial charge >= 0.3 is 5.97 Å². The molecular formula is C28H22N4O3. The number of nitrogens with zero attached hydrogens (tertiary/aromatic N) is 3. The Labute approximate surface area is 201 Å². The first-order valence-electron chi connectivity index (χ1n) is 11.0. The van der Waals surface area contributed by atoms with E-state index in [9.17, 15) is 9.90 Å². The number of benzene rings is 4. The van der Waals surface area contributed by atoms with E-state index in [2.05, 4.69) is 34.8 Å². The summed E-state index contributed by atoms with van der Waals surface area (Å²) in [6.07, 6.45) is 3.60. The number of carboxylic acids is 1. The van der Waals surface area contributed by atoms with Crippen LogP contribution in [-0.2, 0) is 0 Å². The van der Waals surface area contributed by atoms with E-state index in [1.807, 2.05) is 48.7 Å². The van der Waals surface area contributed by atoms with Crippen molar-refractivity contribution in [3.8, 4) is 22.7 Å². The minimum Gasteiger partial charge on any atom is -0.497 e. The van der Waals surface area contributed by atoms with Crippen LogP contribution in [0.15, 0.2) is 102 Å². The van der Waals surface area contributed by atoms with Crippen molar-refractivity contribution in [3.63, 3.8) is 0 Å². The van der Waals surface area contributed by atoms with Crippen LogP contribution in [0.2, 0.25) is 0 Å². The fourth-order valence-electron chi connectivity index (χ4n) is 3.77. The van der Waals surface area contributed by atoms with Gasteiger partial charge in [-0.3, -0.25) is 5.43 Å². The van der Waals surface area contributed by atoms with Gasteiger partial charge in [-0.25, -0.2) is 9.48 Å². The Morgan fingerprint density at radius 1 is 0.971 bits per heavy atom. The largest absolute Gasteiger partial charge is 0.497 e. The molecule has 7 nitrogen and oxygen atoms in total. The minimum absolute atomic E-state index is 0.223. The zero-order chi connectivity index (χ0) is 24.2. The molecule has 0 spiro atoms. The van der Waals surface area contributed by atoms with Gasteiger partial charge in [0.2, 0.25) is 0 Å². The second-order valence-corrected chi connectivity index (χ2v) is 7.89. The van der Waals surface area contributed by atoms with Crippen molar-refractivity contribution < 1.29 is 14.6 Å². The van der Waals surface area contributed by atoms with E-state index in [1.165, 1.54) is 0 Å². The molecule has 0 aliphatic heterocycles. The first kappa shape index (κ1) is 21.9. The number of carbonyl (C=O) groups is 1. The summed E-state index contributed by atoms with van der Waals surface area (Å²) < 4.78 is 6.92. The number of rotatable bonds is 7. The number of fused-ring (bicyclic) bond motifs is 1. The normalized spacial score (nSPS) is 11.1. The molecule has 35 heavy (non-hydrogen) atoms. The molecule has 0 saturated heterocycles. The van der Waals surface area contributed by atoms with Gasteiger partial charge in [0.25, 0.3) is 0 Å². The zero-order valence-electron chi connectivity index (χ0n) is 18.9. The standard InChI is InChI=1S/C28H22N4O3/c1-35-26-14-10-24(11-15-26)30-29-17-23-18-32(25-12-8-20(9-13-25)28(33)34)31-27(23)22-7-6-19-4-2-3-5-21(19)16-22/h2-18,30H,1H3,(H,33,34)/b29-17+. The van der Waals surface area contributed by atoms with Crippen molar-refractivity contribution in [1.82, 2.24) is 9.78 Å². The molecule has 0 fully saturated rings. The molecule has 0 unspecified atom stereocenters. The van der Waals surface area contributed by atoms with Crippen LogP contribution in [0.3, 0.4) is 0 Å². The van der Waals surface area contributed by atoms with Crippen molar-refractivity contribution in [2.45, 2.75) is 0 Å². The highest BCUT2D eigenvalue weighted by atomic mass is 16.5. The van der Waals surface area contributed by atoms with Gasteiger partial charge < -0.3 is 9.84 Å². The second kappa shape index (κ2) is 9.52. The lowest BCUT2D eigenvalue weighted by Gasteiger charge is -2.04. The quantitative estimate of drug-likeness (QED) is 0.234. The summed E-state index contributed by atoms with van der Waals surface area (Å²) in [5.41, 5.74) is 7.36. The van der Waals surface area contributed by atoms with Gasteiger partial charge in [-0.15, -0.1) is 0 Å². The number of aromatic carboxylic acids is 1. The number of ether oxygens (including phenoxy) is 1. The number of anilines is 1. The molecule has 172 valence electrons. The molecule has 7 heteroatoms. The van der Waals surface area contributed by atoms with Crippen LogP contribution in [0, 0.1) is 0 Å². The smallest absolute Gasteiger partial charge is 0.335 e. The minimum atomic E-state index is -0.966. The molecule has 0 saturated carbocycles. The molecule has 0 atom stereocenters. The van der Waals surface area contributed by atoms with Crippen molar-refractivity contribution in [3.05, 3.63) is 108 Å². The Bertz CT molecular complexity index is 1520. The molecule has 0 aliphatic carbocycles. The Morgan fingerprint density at radius 2 is 1.71 bits per heavy atom. The van der Waals surface area contributed by atoms with Gasteiger partial charge in [0.1, 0.15) is 11.4 Å². The first-order chi connectivity index (χ1) is 17.1. The van der Waals surface area contributed by atoms with Crippen LogP contribution in [0.1, 0.15) is 15.9 Å². The summed E-state index contributed by atoms with van der Waals surface area (Å²) in [7, 11) is 1.63. The number of hydrogen-bond acceptors (Lipinski definition) is 5. The van der Waals surface area contributed by atoms with Crippen LogP contribution < -0.4 is 10.2 Å². The predicted octanol–water partition coefficient (Wildman–Crippen LogP) is 5.85. The Morgan fingerprint density at radius 3 is 2.43 bits per heavy atom. The fraction of sp³-hybridized carbons (Fsp3) is 0.0357. The molecule has 0 amide bonds. The Kier molecular flexibility index (Phi) is 5.96. The predicted molar refractivity (Wildman–Crippen MR) is 138 cm³/mol. The maximum Gasteiger partial charge on any atom is 0.335 e. The van der Waals surface area contributed by atoms with E-state index < -0.39 is 5.97 Å². The lowest BCUT2D eigenvalue weighted by atomic mass is 10.0. The van der Waals surface area contributed by atoms with E-state index in [0.717, 1.165) is 44.7 Å². The van der Waals surface area contributed by atoms with E-state index in [1.54, 1.807) is 42.3 Å². The molecular weight excluding hydrogens is 440 g/mol.